The van der Waals surface area contributed by atoms with E-state index >= 15 is 0 Å². The summed E-state index contributed by atoms with van der Waals surface area (Å²) in [5.41, 5.74) is 2.65. The highest BCUT2D eigenvalue weighted by atomic mass is 16.6. The molecule has 0 rings (SSSR count). The molecule has 1 unspecified atom stereocenters. The van der Waals surface area contributed by atoms with Gasteiger partial charge in [0.2, 0.25) is 0 Å². The highest BCUT2D eigenvalue weighted by Crippen LogP contribution is 2.12. The van der Waals surface area contributed by atoms with Gasteiger partial charge in [0.05, 0.1) is 6.61 Å². The first-order chi connectivity index (χ1) is 7.52. The van der Waals surface area contributed by atoms with Crippen LogP contribution in [0.5, 0.6) is 0 Å². The van der Waals surface area contributed by atoms with Gasteiger partial charge in [0.1, 0.15) is 5.60 Å². The molecular weight excluding hydrogens is 226 g/mol. The van der Waals surface area contributed by atoms with E-state index in [1.165, 1.54) is 0 Å². The van der Waals surface area contributed by atoms with Crippen molar-refractivity contribution >= 4 is 17.7 Å². The first-order valence-corrected chi connectivity index (χ1v) is 5.26. The molecule has 0 aromatic heterocycles. The summed E-state index contributed by atoms with van der Waals surface area (Å²) < 4.78 is 9.45. The van der Waals surface area contributed by atoms with Crippen molar-refractivity contribution in [1.29, 1.82) is 0 Å². The number of Topliss-reactive ketones (excluding diaryl/α,β-unsaturated/α-hetero) is 1. The number of nitrogens with two attached hydrogens (primary N) is 1. The zero-order valence-electron chi connectivity index (χ0n) is 10.8. The molecule has 6 heteroatoms. The van der Waals surface area contributed by atoms with E-state index in [0.29, 0.717) is 0 Å². The molecule has 1 atom stereocenters. The summed E-state index contributed by atoms with van der Waals surface area (Å²) in [4.78, 5) is 34.5. The molecule has 0 saturated carbocycles. The number of hydrogen-bond acceptors (Lipinski definition) is 6. The maximum atomic E-state index is 11.7. The third kappa shape index (κ3) is 4.52. The van der Waals surface area contributed by atoms with Gasteiger partial charge in [-0.15, -0.1) is 0 Å². The van der Waals surface area contributed by atoms with Gasteiger partial charge in [-0.25, -0.2) is 9.59 Å². The lowest BCUT2D eigenvalue weighted by Gasteiger charge is -2.23. The van der Waals surface area contributed by atoms with Crippen molar-refractivity contribution in [2.24, 2.45) is 5.73 Å². The fourth-order valence-electron chi connectivity index (χ4n) is 0.910. The van der Waals surface area contributed by atoms with Crippen LogP contribution in [0.2, 0.25) is 0 Å². The Labute approximate surface area is 100 Å². The molecule has 0 amide bonds. The first-order valence-electron chi connectivity index (χ1n) is 5.26. The molecule has 0 radical (unpaired) electrons. The lowest BCUT2D eigenvalue weighted by molar-refractivity contribution is -0.168. The van der Waals surface area contributed by atoms with Crippen molar-refractivity contribution < 1.29 is 23.9 Å². The van der Waals surface area contributed by atoms with Crippen LogP contribution < -0.4 is 5.73 Å². The second-order valence-corrected chi connectivity index (χ2v) is 4.75. The summed E-state index contributed by atoms with van der Waals surface area (Å²) in [7, 11) is 0. The first kappa shape index (κ1) is 15.6. The van der Waals surface area contributed by atoms with Crippen LogP contribution in [0.15, 0.2) is 0 Å². The second-order valence-electron chi connectivity index (χ2n) is 4.75. The van der Waals surface area contributed by atoms with Gasteiger partial charge < -0.3 is 15.2 Å². The topological polar surface area (TPSA) is 95.7 Å². The van der Waals surface area contributed by atoms with E-state index in [9.17, 15) is 14.4 Å². The molecule has 0 saturated heterocycles. The van der Waals surface area contributed by atoms with E-state index < -0.39 is 28.9 Å². The van der Waals surface area contributed by atoms with Crippen molar-refractivity contribution in [1.82, 2.24) is 0 Å². The molecule has 0 aliphatic heterocycles. The van der Waals surface area contributed by atoms with Crippen LogP contribution in [0.4, 0.5) is 0 Å². The Balaban J connectivity index is 4.80. The minimum absolute atomic E-state index is 0.0766. The molecule has 0 aliphatic carbocycles. The molecule has 98 valence electrons. The lowest BCUT2D eigenvalue weighted by atomic mass is 9.98. The maximum Gasteiger partial charge on any atom is 0.377 e. The minimum Gasteiger partial charge on any atom is -0.464 e. The monoisotopic (exact) mass is 245 g/mol. The number of ether oxygens (including phenoxy) is 2. The van der Waals surface area contributed by atoms with Gasteiger partial charge in [0, 0.05) is 0 Å². The second kappa shape index (κ2) is 5.27. The van der Waals surface area contributed by atoms with E-state index in [1.54, 1.807) is 27.7 Å². The summed E-state index contributed by atoms with van der Waals surface area (Å²) in [6.45, 7) is 7.60. The highest BCUT2D eigenvalue weighted by Gasteiger charge is 2.44. The average molecular weight is 245 g/mol. The van der Waals surface area contributed by atoms with Gasteiger partial charge in [-0.3, -0.25) is 4.79 Å². The third-order valence-electron chi connectivity index (χ3n) is 1.76. The average Bonchev–Trinajstić information content (AvgIpc) is 2.14. The van der Waals surface area contributed by atoms with E-state index in [2.05, 4.69) is 4.74 Å². The van der Waals surface area contributed by atoms with Crippen molar-refractivity contribution in [3.8, 4) is 0 Å². The summed E-state index contributed by atoms with van der Waals surface area (Å²) in [6, 6.07) is 0. The SMILES string of the molecule is CCOC(=O)C(C)(N)C(=O)C(=O)OC(C)(C)C. The molecule has 0 bridgehead atoms. The molecule has 0 spiro atoms. The van der Waals surface area contributed by atoms with Gasteiger partial charge in [-0.05, 0) is 34.6 Å². The van der Waals surface area contributed by atoms with E-state index in [0.717, 1.165) is 6.92 Å². The fourth-order valence-corrected chi connectivity index (χ4v) is 0.910. The van der Waals surface area contributed by atoms with Gasteiger partial charge >= 0.3 is 11.9 Å². The van der Waals surface area contributed by atoms with Crippen LogP contribution in [-0.4, -0.2) is 35.5 Å². The molecule has 0 aromatic rings. The zero-order chi connectivity index (χ0) is 13.9. The smallest absolute Gasteiger partial charge is 0.377 e. The van der Waals surface area contributed by atoms with Gasteiger partial charge in [-0.1, -0.05) is 0 Å². The normalized spacial score (nSPS) is 14.7. The number of carbonyl (C=O) groups excluding carboxylic acids is 3. The molecule has 0 aliphatic rings. The van der Waals surface area contributed by atoms with Gasteiger partial charge in [0.15, 0.2) is 5.54 Å². The third-order valence-corrected chi connectivity index (χ3v) is 1.76. The standard InChI is InChI=1S/C11H19NO5/c1-6-16-9(15)11(5,12)7(13)8(14)17-10(2,3)4/h6,12H2,1-5H3. The lowest BCUT2D eigenvalue weighted by Crippen LogP contribution is -2.56. The van der Waals surface area contributed by atoms with Crippen LogP contribution in [0, 0.1) is 0 Å². The molecule has 0 fully saturated rings. The number of ketones is 1. The Morgan fingerprint density at radius 1 is 1.12 bits per heavy atom. The summed E-state index contributed by atoms with van der Waals surface area (Å²) in [5, 5.41) is 0. The maximum absolute atomic E-state index is 11.7. The summed E-state index contributed by atoms with van der Waals surface area (Å²) in [6.07, 6.45) is 0. The van der Waals surface area contributed by atoms with Crippen molar-refractivity contribution in [2.45, 2.75) is 45.8 Å². The molecule has 17 heavy (non-hydrogen) atoms. The summed E-state index contributed by atoms with van der Waals surface area (Å²) in [5.74, 6) is -3.21. The van der Waals surface area contributed by atoms with Crippen LogP contribution >= 0.6 is 0 Å². The van der Waals surface area contributed by atoms with E-state index in [-0.39, 0.29) is 6.61 Å². The zero-order valence-corrected chi connectivity index (χ0v) is 10.8. The van der Waals surface area contributed by atoms with Crippen molar-refractivity contribution in [3.63, 3.8) is 0 Å². The number of hydrogen-bond donors (Lipinski definition) is 1. The van der Waals surface area contributed by atoms with Crippen LogP contribution in [-0.2, 0) is 23.9 Å². The van der Waals surface area contributed by atoms with Gasteiger partial charge in [-0.2, -0.15) is 0 Å². The van der Waals surface area contributed by atoms with Crippen LogP contribution in [0.1, 0.15) is 34.6 Å². The van der Waals surface area contributed by atoms with Gasteiger partial charge in [0.25, 0.3) is 5.78 Å². The Bertz CT molecular complexity index is 327. The summed E-state index contributed by atoms with van der Waals surface area (Å²) >= 11 is 0. The molecule has 0 aromatic carbocycles. The quantitative estimate of drug-likeness (QED) is 0.431. The number of rotatable bonds is 4. The predicted molar refractivity (Wildman–Crippen MR) is 60.1 cm³/mol. The molecule has 2 N–H and O–H groups in total. The van der Waals surface area contributed by atoms with Crippen LogP contribution in [0.3, 0.4) is 0 Å². The van der Waals surface area contributed by atoms with E-state index in [1.807, 2.05) is 0 Å². The molecule has 0 heterocycles. The number of carbonyl (C=O) groups is 3. The largest absolute Gasteiger partial charge is 0.464 e. The van der Waals surface area contributed by atoms with E-state index in [4.69, 9.17) is 10.5 Å². The Morgan fingerprint density at radius 3 is 1.94 bits per heavy atom. The van der Waals surface area contributed by atoms with Crippen LogP contribution in [0.25, 0.3) is 0 Å². The Kier molecular flexibility index (Phi) is 4.82. The molecular formula is C11H19NO5. The van der Waals surface area contributed by atoms with Crippen molar-refractivity contribution in [3.05, 3.63) is 0 Å². The Hall–Kier alpha value is -1.43. The molecule has 6 nitrogen and oxygen atoms in total. The minimum atomic E-state index is -2.02. The predicted octanol–water partition coefficient (Wildman–Crippen LogP) is 0.178. The fraction of sp³-hybridized carbons (Fsp3) is 0.727. The highest BCUT2D eigenvalue weighted by molar-refractivity contribution is 6.41. The Morgan fingerprint density at radius 2 is 1.59 bits per heavy atom. The van der Waals surface area contributed by atoms with Crippen molar-refractivity contribution in [2.75, 3.05) is 6.61 Å². The number of esters is 2.